The molecule has 134 valence electrons. The van der Waals surface area contributed by atoms with Crippen molar-refractivity contribution in [2.75, 3.05) is 10.6 Å². The number of hydrogen-bond donors (Lipinski definition) is 2. The minimum absolute atomic E-state index is 0.0521. The van der Waals surface area contributed by atoms with Gasteiger partial charge in [-0.1, -0.05) is 25.9 Å². The normalized spacial score (nSPS) is 11.2. The molecule has 2 aromatic rings. The first-order valence-corrected chi connectivity index (χ1v) is 8.30. The van der Waals surface area contributed by atoms with Crippen LogP contribution >= 0.6 is 0 Å². The number of benzene rings is 1. The molecule has 6 heteroatoms. The van der Waals surface area contributed by atoms with E-state index in [-0.39, 0.29) is 11.8 Å². The number of hydrogen-bond acceptors (Lipinski definition) is 4. The van der Waals surface area contributed by atoms with Crippen LogP contribution in [0.5, 0.6) is 0 Å². The molecule has 0 atom stereocenters. The van der Waals surface area contributed by atoms with Gasteiger partial charge in [-0.25, -0.2) is 0 Å². The summed E-state index contributed by atoms with van der Waals surface area (Å²) in [5.74, 6) is 0.625. The zero-order valence-corrected chi connectivity index (χ0v) is 15.4. The van der Waals surface area contributed by atoms with E-state index in [0.29, 0.717) is 24.2 Å². The quantitative estimate of drug-likeness (QED) is 0.863. The lowest BCUT2D eigenvalue weighted by molar-refractivity contribution is -0.123. The van der Waals surface area contributed by atoms with Gasteiger partial charge in [0.1, 0.15) is 5.76 Å². The van der Waals surface area contributed by atoms with Gasteiger partial charge in [-0.2, -0.15) is 0 Å². The Hall–Kier alpha value is -2.63. The second-order valence-electron chi connectivity index (χ2n) is 7.13. The van der Waals surface area contributed by atoms with E-state index < -0.39 is 5.41 Å². The molecule has 0 saturated heterocycles. The fraction of sp³-hybridized carbons (Fsp3) is 0.421. The predicted octanol–water partition coefficient (Wildman–Crippen LogP) is 3.85. The van der Waals surface area contributed by atoms with Crippen molar-refractivity contribution in [1.82, 2.24) is 5.16 Å². The van der Waals surface area contributed by atoms with Crippen LogP contribution in [0.1, 0.15) is 44.2 Å². The van der Waals surface area contributed by atoms with E-state index in [0.717, 1.165) is 17.0 Å². The van der Waals surface area contributed by atoms with Crippen LogP contribution < -0.4 is 10.6 Å². The van der Waals surface area contributed by atoms with E-state index in [1.807, 2.05) is 34.6 Å². The lowest BCUT2D eigenvalue weighted by atomic mass is 9.95. The third kappa shape index (κ3) is 5.17. The summed E-state index contributed by atoms with van der Waals surface area (Å²) in [5.41, 5.74) is 2.75. The number of carbonyl (C=O) groups excluding carboxylic acids is 2. The predicted molar refractivity (Wildman–Crippen MR) is 97.5 cm³/mol. The van der Waals surface area contributed by atoms with E-state index in [1.165, 1.54) is 0 Å². The van der Waals surface area contributed by atoms with Gasteiger partial charge < -0.3 is 15.2 Å². The third-order valence-corrected chi connectivity index (χ3v) is 3.89. The summed E-state index contributed by atoms with van der Waals surface area (Å²) in [5, 5.41) is 9.59. The summed E-state index contributed by atoms with van der Waals surface area (Å²) in [6.07, 6.45) is 0.943. The maximum atomic E-state index is 12.1. The number of rotatable bonds is 5. The van der Waals surface area contributed by atoms with Crippen LogP contribution in [-0.2, 0) is 16.0 Å². The summed E-state index contributed by atoms with van der Waals surface area (Å²) >= 11 is 0. The zero-order valence-electron chi connectivity index (χ0n) is 15.4. The molecular formula is C19H25N3O3. The van der Waals surface area contributed by atoms with Crippen molar-refractivity contribution in [3.05, 3.63) is 41.3 Å². The number of nitrogens with one attached hydrogen (secondary N) is 2. The summed E-state index contributed by atoms with van der Waals surface area (Å²) in [4.78, 5) is 24.0. The molecule has 0 aliphatic rings. The Balaban J connectivity index is 1.88. The number of carbonyl (C=O) groups is 2. The van der Waals surface area contributed by atoms with Crippen LogP contribution in [0, 0.1) is 19.3 Å². The lowest BCUT2D eigenvalue weighted by Gasteiger charge is -2.17. The van der Waals surface area contributed by atoms with Gasteiger partial charge in [0.05, 0.1) is 5.69 Å². The molecule has 6 nitrogen and oxygen atoms in total. The molecule has 0 bridgehead atoms. The first-order chi connectivity index (χ1) is 11.7. The van der Waals surface area contributed by atoms with Gasteiger partial charge in [0, 0.05) is 28.8 Å². The average molecular weight is 343 g/mol. The van der Waals surface area contributed by atoms with Crippen LogP contribution in [0.3, 0.4) is 0 Å². The van der Waals surface area contributed by atoms with Crippen LogP contribution in [-0.4, -0.2) is 17.0 Å². The SMILES string of the molecule is Cc1noc(C)c1CCC(=O)Nc1ccc(NC(=O)C(C)(C)C)cc1. The molecule has 1 aromatic heterocycles. The Morgan fingerprint density at radius 2 is 1.60 bits per heavy atom. The van der Waals surface area contributed by atoms with Crippen molar-refractivity contribution in [2.45, 2.75) is 47.5 Å². The molecule has 0 radical (unpaired) electrons. The topological polar surface area (TPSA) is 84.2 Å². The highest BCUT2D eigenvalue weighted by molar-refractivity contribution is 5.95. The molecule has 2 N–H and O–H groups in total. The van der Waals surface area contributed by atoms with Crippen molar-refractivity contribution in [3.8, 4) is 0 Å². The Labute approximate surface area is 148 Å². The number of anilines is 2. The molecule has 0 unspecified atom stereocenters. The van der Waals surface area contributed by atoms with Crippen LogP contribution in [0.4, 0.5) is 11.4 Å². The van der Waals surface area contributed by atoms with E-state index in [1.54, 1.807) is 24.3 Å². The number of nitrogens with zero attached hydrogens (tertiary/aromatic N) is 1. The van der Waals surface area contributed by atoms with Gasteiger partial charge in [-0.05, 0) is 44.5 Å². The summed E-state index contributed by atoms with van der Waals surface area (Å²) < 4.78 is 5.10. The van der Waals surface area contributed by atoms with Crippen LogP contribution in [0.15, 0.2) is 28.8 Å². The average Bonchev–Trinajstić information content (AvgIpc) is 2.85. The zero-order chi connectivity index (χ0) is 18.6. The molecule has 2 amide bonds. The molecule has 0 aliphatic heterocycles. The second kappa shape index (κ2) is 7.51. The van der Waals surface area contributed by atoms with Gasteiger partial charge in [0.2, 0.25) is 11.8 Å². The summed E-state index contributed by atoms with van der Waals surface area (Å²) in [7, 11) is 0. The van der Waals surface area contributed by atoms with Crippen LogP contribution in [0.25, 0.3) is 0 Å². The molecule has 25 heavy (non-hydrogen) atoms. The van der Waals surface area contributed by atoms with Crippen molar-refractivity contribution in [2.24, 2.45) is 5.41 Å². The number of aryl methyl sites for hydroxylation is 2. The van der Waals surface area contributed by atoms with Gasteiger partial charge >= 0.3 is 0 Å². The second-order valence-corrected chi connectivity index (χ2v) is 7.13. The van der Waals surface area contributed by atoms with Gasteiger partial charge in [0.25, 0.3) is 0 Å². The maximum Gasteiger partial charge on any atom is 0.229 e. The van der Waals surface area contributed by atoms with Crippen molar-refractivity contribution in [1.29, 1.82) is 0 Å². The van der Waals surface area contributed by atoms with Crippen molar-refractivity contribution >= 4 is 23.2 Å². The van der Waals surface area contributed by atoms with E-state index in [9.17, 15) is 9.59 Å². The first-order valence-electron chi connectivity index (χ1n) is 8.30. The molecule has 0 fully saturated rings. The molecular weight excluding hydrogens is 318 g/mol. The Morgan fingerprint density at radius 3 is 2.08 bits per heavy atom. The molecule has 1 aromatic carbocycles. The molecule has 0 aliphatic carbocycles. The van der Waals surface area contributed by atoms with Crippen molar-refractivity contribution < 1.29 is 14.1 Å². The summed E-state index contributed by atoms with van der Waals surface area (Å²) in [6.45, 7) is 9.29. The molecule has 2 rings (SSSR count). The Kier molecular flexibility index (Phi) is 5.62. The third-order valence-electron chi connectivity index (χ3n) is 3.89. The number of amides is 2. The van der Waals surface area contributed by atoms with Crippen LogP contribution in [0.2, 0.25) is 0 Å². The Morgan fingerprint density at radius 1 is 1.04 bits per heavy atom. The smallest absolute Gasteiger partial charge is 0.229 e. The standard InChI is InChI=1S/C19H25N3O3/c1-12-16(13(2)25-22-12)10-11-17(23)20-14-6-8-15(9-7-14)21-18(24)19(3,4)5/h6-9H,10-11H2,1-5H3,(H,20,23)(H,21,24). The monoisotopic (exact) mass is 343 g/mol. The maximum absolute atomic E-state index is 12.1. The highest BCUT2D eigenvalue weighted by Gasteiger charge is 2.21. The summed E-state index contributed by atoms with van der Waals surface area (Å²) in [6, 6.07) is 7.08. The Bertz CT molecular complexity index is 736. The lowest BCUT2D eigenvalue weighted by Crippen LogP contribution is -2.27. The van der Waals surface area contributed by atoms with Crippen molar-refractivity contribution in [3.63, 3.8) is 0 Å². The molecule has 0 spiro atoms. The minimum Gasteiger partial charge on any atom is -0.361 e. The van der Waals surface area contributed by atoms with Gasteiger partial charge in [-0.15, -0.1) is 0 Å². The number of aromatic nitrogens is 1. The fourth-order valence-electron chi connectivity index (χ4n) is 2.28. The van der Waals surface area contributed by atoms with Gasteiger partial charge in [-0.3, -0.25) is 9.59 Å². The van der Waals surface area contributed by atoms with E-state index in [4.69, 9.17) is 4.52 Å². The highest BCUT2D eigenvalue weighted by atomic mass is 16.5. The van der Waals surface area contributed by atoms with Gasteiger partial charge in [0.15, 0.2) is 0 Å². The van der Waals surface area contributed by atoms with E-state index in [2.05, 4.69) is 15.8 Å². The molecule has 0 saturated carbocycles. The molecule has 1 heterocycles. The highest BCUT2D eigenvalue weighted by Crippen LogP contribution is 2.19. The minimum atomic E-state index is -0.453. The fourth-order valence-corrected chi connectivity index (χ4v) is 2.28. The first kappa shape index (κ1) is 18.7. The largest absolute Gasteiger partial charge is 0.361 e. The van der Waals surface area contributed by atoms with E-state index >= 15 is 0 Å².